The molecule has 0 spiro atoms. The van der Waals surface area contributed by atoms with E-state index in [9.17, 15) is 4.79 Å². The van der Waals surface area contributed by atoms with Gasteiger partial charge in [0.15, 0.2) is 17.3 Å². The van der Waals surface area contributed by atoms with E-state index < -0.39 is 5.91 Å². The third-order valence-corrected chi connectivity index (χ3v) is 5.15. The normalized spacial score (nSPS) is 10.7. The molecule has 1 amide bonds. The van der Waals surface area contributed by atoms with Crippen molar-refractivity contribution in [2.75, 3.05) is 12.4 Å². The summed E-state index contributed by atoms with van der Waals surface area (Å²) in [4.78, 5) is 16.6. The number of furan rings is 1. The largest absolute Gasteiger partial charge is 0.493 e. The quantitative estimate of drug-likeness (QED) is 0.385. The molecule has 0 aliphatic heterocycles. The molecule has 0 unspecified atom stereocenters. The number of aromatic nitrogens is 3. The number of hydrogen-bond acceptors (Lipinski definition) is 6. The van der Waals surface area contributed by atoms with Crippen LogP contribution in [0.1, 0.15) is 21.9 Å². The summed E-state index contributed by atoms with van der Waals surface area (Å²) in [6, 6.07) is 15.8. The Morgan fingerprint density at radius 2 is 1.91 bits per heavy atom. The Labute approximate surface area is 193 Å². The first-order valence-electron chi connectivity index (χ1n) is 9.51. The number of amides is 1. The number of ether oxygens (including phenoxy) is 2. The molecule has 4 aromatic rings. The maximum Gasteiger partial charge on any atom is 0.293 e. The topological polar surface area (TPSA) is 91.4 Å². The summed E-state index contributed by atoms with van der Waals surface area (Å²) in [7, 11) is 1.57. The van der Waals surface area contributed by atoms with E-state index in [1.807, 2.05) is 18.2 Å². The fraction of sp³-hybridized carbons (Fsp3) is 0.136. The predicted octanol–water partition coefficient (Wildman–Crippen LogP) is 5.07. The first-order valence-corrected chi connectivity index (χ1v) is 10.3. The molecule has 0 aliphatic carbocycles. The van der Waals surface area contributed by atoms with Crippen LogP contribution in [0.25, 0.3) is 0 Å². The third kappa shape index (κ3) is 5.22. The van der Waals surface area contributed by atoms with Gasteiger partial charge in [-0.1, -0.05) is 41.4 Å². The van der Waals surface area contributed by atoms with Gasteiger partial charge in [-0.3, -0.25) is 10.1 Å². The number of carbonyl (C=O) groups excluding carboxylic acids is 1. The summed E-state index contributed by atoms with van der Waals surface area (Å²) < 4.78 is 18.1. The number of methoxy groups -OCH3 is 1. The van der Waals surface area contributed by atoms with Crippen LogP contribution in [0, 0.1) is 0 Å². The first-order chi connectivity index (χ1) is 15.5. The van der Waals surface area contributed by atoms with Crippen molar-refractivity contribution >= 4 is 35.1 Å². The lowest BCUT2D eigenvalue weighted by molar-refractivity contribution is 0.0991. The molecule has 8 nitrogen and oxygen atoms in total. The van der Waals surface area contributed by atoms with Gasteiger partial charge in [-0.25, -0.2) is 9.67 Å². The van der Waals surface area contributed by atoms with Crippen molar-refractivity contribution < 1.29 is 18.7 Å². The molecule has 10 heteroatoms. The van der Waals surface area contributed by atoms with Crippen molar-refractivity contribution in [2.45, 2.75) is 13.2 Å². The standard InChI is InChI=1S/C22H18Cl2N4O4/c1-30-18-4-2-3-5-19(18)31-12-15-7-9-20(32-15)21(29)26-22-25-13-28(27-22)11-14-6-8-16(23)17(24)10-14/h2-10,13H,11-12H2,1H3,(H,26,27,29). The Morgan fingerprint density at radius 1 is 1.09 bits per heavy atom. The van der Waals surface area contributed by atoms with Crippen LogP contribution in [-0.4, -0.2) is 27.8 Å². The average Bonchev–Trinajstić information content (AvgIpc) is 3.44. The van der Waals surface area contributed by atoms with E-state index in [2.05, 4.69) is 15.4 Å². The molecule has 0 bridgehead atoms. The van der Waals surface area contributed by atoms with Crippen LogP contribution in [0.3, 0.4) is 0 Å². The molecule has 0 saturated heterocycles. The summed E-state index contributed by atoms with van der Waals surface area (Å²) in [5, 5.41) is 7.79. The second-order valence-corrected chi connectivity index (χ2v) is 7.49. The number of para-hydroxylation sites is 2. The third-order valence-electron chi connectivity index (χ3n) is 4.41. The SMILES string of the molecule is COc1ccccc1OCc1ccc(C(=O)Nc2ncn(Cc3ccc(Cl)c(Cl)c3)n2)o1. The maximum atomic E-state index is 12.5. The second-order valence-electron chi connectivity index (χ2n) is 6.67. The smallest absolute Gasteiger partial charge is 0.293 e. The van der Waals surface area contributed by atoms with Crippen molar-refractivity contribution in [2.24, 2.45) is 0 Å². The maximum absolute atomic E-state index is 12.5. The molecule has 4 rings (SSSR count). The molecule has 32 heavy (non-hydrogen) atoms. The van der Waals surface area contributed by atoms with Gasteiger partial charge in [0, 0.05) is 0 Å². The molecule has 164 valence electrons. The van der Waals surface area contributed by atoms with Gasteiger partial charge in [0.05, 0.1) is 23.7 Å². The summed E-state index contributed by atoms with van der Waals surface area (Å²) in [6.07, 6.45) is 1.51. The second kappa shape index (κ2) is 9.76. The molecule has 2 aromatic carbocycles. The molecule has 0 saturated carbocycles. The van der Waals surface area contributed by atoms with E-state index in [4.69, 9.17) is 37.1 Å². The van der Waals surface area contributed by atoms with E-state index in [1.165, 1.54) is 6.33 Å². The molecule has 0 radical (unpaired) electrons. The number of rotatable bonds is 8. The molecule has 0 atom stereocenters. The van der Waals surface area contributed by atoms with Crippen LogP contribution in [-0.2, 0) is 13.2 Å². The number of carbonyl (C=O) groups is 1. The van der Waals surface area contributed by atoms with Gasteiger partial charge >= 0.3 is 0 Å². The highest BCUT2D eigenvalue weighted by Crippen LogP contribution is 2.27. The minimum atomic E-state index is -0.471. The Morgan fingerprint density at radius 3 is 2.69 bits per heavy atom. The number of nitrogens with zero attached hydrogens (tertiary/aromatic N) is 3. The van der Waals surface area contributed by atoms with Crippen LogP contribution in [0.15, 0.2) is 65.3 Å². The highest BCUT2D eigenvalue weighted by atomic mass is 35.5. The number of hydrogen-bond donors (Lipinski definition) is 1. The molecular weight excluding hydrogens is 455 g/mol. The molecule has 1 N–H and O–H groups in total. The van der Waals surface area contributed by atoms with E-state index in [-0.39, 0.29) is 18.3 Å². The number of anilines is 1. The van der Waals surface area contributed by atoms with E-state index in [0.29, 0.717) is 33.8 Å². The Bertz CT molecular complexity index is 1240. The minimum absolute atomic E-state index is 0.115. The monoisotopic (exact) mass is 472 g/mol. The van der Waals surface area contributed by atoms with Crippen molar-refractivity contribution in [1.29, 1.82) is 0 Å². The summed E-state index contributed by atoms with van der Waals surface area (Å²) >= 11 is 12.0. The summed E-state index contributed by atoms with van der Waals surface area (Å²) in [6.45, 7) is 0.565. The van der Waals surface area contributed by atoms with Gasteiger partial charge in [-0.2, -0.15) is 0 Å². The van der Waals surface area contributed by atoms with Crippen LogP contribution in [0.2, 0.25) is 10.0 Å². The van der Waals surface area contributed by atoms with Crippen LogP contribution in [0.4, 0.5) is 5.95 Å². The van der Waals surface area contributed by atoms with Crippen LogP contribution < -0.4 is 14.8 Å². The highest BCUT2D eigenvalue weighted by Gasteiger charge is 2.15. The Kier molecular flexibility index (Phi) is 6.63. The van der Waals surface area contributed by atoms with Gasteiger partial charge in [0.1, 0.15) is 18.7 Å². The lowest BCUT2D eigenvalue weighted by atomic mass is 10.2. The molecule has 0 aliphatic rings. The zero-order chi connectivity index (χ0) is 22.5. The van der Waals surface area contributed by atoms with Crippen molar-refractivity contribution in [1.82, 2.24) is 14.8 Å². The van der Waals surface area contributed by atoms with E-state index in [0.717, 1.165) is 5.56 Å². The van der Waals surface area contributed by atoms with Crippen molar-refractivity contribution in [3.63, 3.8) is 0 Å². The Hall–Kier alpha value is -3.49. The van der Waals surface area contributed by atoms with Crippen LogP contribution >= 0.6 is 23.2 Å². The van der Waals surface area contributed by atoms with Gasteiger partial charge in [-0.15, -0.1) is 5.10 Å². The van der Waals surface area contributed by atoms with E-state index in [1.54, 1.807) is 48.2 Å². The Balaban J connectivity index is 1.34. The van der Waals surface area contributed by atoms with Crippen LogP contribution in [0.5, 0.6) is 11.5 Å². The molecule has 2 heterocycles. The van der Waals surface area contributed by atoms with Gasteiger partial charge in [0.25, 0.3) is 5.91 Å². The lowest BCUT2D eigenvalue weighted by Crippen LogP contribution is -2.12. The van der Waals surface area contributed by atoms with E-state index >= 15 is 0 Å². The average molecular weight is 473 g/mol. The lowest BCUT2D eigenvalue weighted by Gasteiger charge is -2.08. The summed E-state index contributed by atoms with van der Waals surface area (Å²) in [5.41, 5.74) is 0.896. The molecule has 2 aromatic heterocycles. The minimum Gasteiger partial charge on any atom is -0.493 e. The zero-order valence-electron chi connectivity index (χ0n) is 16.9. The van der Waals surface area contributed by atoms with Gasteiger partial charge < -0.3 is 13.9 Å². The molecule has 0 fully saturated rings. The van der Waals surface area contributed by atoms with Gasteiger partial charge in [0.2, 0.25) is 5.95 Å². The number of nitrogens with one attached hydrogen (secondary N) is 1. The van der Waals surface area contributed by atoms with Crippen molar-refractivity contribution in [3.8, 4) is 11.5 Å². The van der Waals surface area contributed by atoms with Gasteiger partial charge in [-0.05, 0) is 42.0 Å². The number of benzene rings is 2. The first kappa shape index (κ1) is 21.7. The van der Waals surface area contributed by atoms with Crippen molar-refractivity contribution in [3.05, 3.63) is 88.1 Å². The summed E-state index contributed by atoms with van der Waals surface area (Å²) in [5.74, 6) is 1.47. The highest BCUT2D eigenvalue weighted by molar-refractivity contribution is 6.42. The molecular formula is C22H18Cl2N4O4. The fourth-order valence-corrected chi connectivity index (χ4v) is 3.20. The fourth-order valence-electron chi connectivity index (χ4n) is 2.88. The number of halogens is 2. The predicted molar refractivity (Wildman–Crippen MR) is 120 cm³/mol. The zero-order valence-corrected chi connectivity index (χ0v) is 18.4.